The van der Waals surface area contributed by atoms with Gasteiger partial charge in [0, 0.05) is 29.9 Å². The van der Waals surface area contributed by atoms with Crippen molar-refractivity contribution in [1.82, 2.24) is 20.5 Å². The second-order valence-electron chi connectivity index (χ2n) is 6.48. The molecule has 6 nitrogen and oxygen atoms in total. The predicted octanol–water partition coefficient (Wildman–Crippen LogP) is 2.39. The summed E-state index contributed by atoms with van der Waals surface area (Å²) in [4.78, 5) is 30.6. The molecule has 1 aromatic carbocycles. The highest BCUT2D eigenvalue weighted by Gasteiger charge is 2.11. The molecule has 2 aromatic rings. The summed E-state index contributed by atoms with van der Waals surface area (Å²) in [5.41, 5.74) is 1.69. The monoisotopic (exact) mass is 388 g/mol. The molecule has 0 unspecified atom stereocenters. The van der Waals surface area contributed by atoms with E-state index in [1.165, 1.54) is 12.3 Å². The van der Waals surface area contributed by atoms with E-state index in [9.17, 15) is 9.59 Å². The van der Waals surface area contributed by atoms with Crippen molar-refractivity contribution in [3.05, 3.63) is 64.4 Å². The first-order valence-corrected chi connectivity index (χ1v) is 9.25. The number of hydrogen-bond donors (Lipinski definition) is 2. The molecular formula is C20H25ClN4O2. The van der Waals surface area contributed by atoms with Crippen LogP contribution in [0.15, 0.2) is 42.6 Å². The summed E-state index contributed by atoms with van der Waals surface area (Å²) >= 11 is 5.95. The van der Waals surface area contributed by atoms with E-state index in [0.717, 1.165) is 18.5 Å². The highest BCUT2D eigenvalue weighted by Crippen LogP contribution is 2.10. The summed E-state index contributed by atoms with van der Waals surface area (Å²) in [5, 5.41) is 6.34. The number of rotatable bonds is 9. The van der Waals surface area contributed by atoms with E-state index >= 15 is 0 Å². The number of hydrogen-bond acceptors (Lipinski definition) is 4. The van der Waals surface area contributed by atoms with Crippen molar-refractivity contribution in [2.24, 2.45) is 0 Å². The van der Waals surface area contributed by atoms with Crippen LogP contribution in [-0.4, -0.2) is 55.4 Å². The molecule has 0 aliphatic rings. The maximum atomic E-state index is 12.3. The summed E-state index contributed by atoms with van der Waals surface area (Å²) in [6.07, 6.45) is 3.00. The van der Waals surface area contributed by atoms with E-state index in [-0.39, 0.29) is 17.5 Å². The van der Waals surface area contributed by atoms with E-state index in [1.54, 1.807) is 6.07 Å². The van der Waals surface area contributed by atoms with Gasteiger partial charge in [-0.3, -0.25) is 14.6 Å². The fraction of sp³-hybridized carbons (Fsp3) is 0.350. The Morgan fingerprint density at radius 3 is 2.59 bits per heavy atom. The number of nitrogens with zero attached hydrogens (tertiary/aromatic N) is 2. The maximum Gasteiger partial charge on any atom is 0.269 e. The maximum absolute atomic E-state index is 12.3. The summed E-state index contributed by atoms with van der Waals surface area (Å²) in [6.45, 7) is 1.94. The van der Waals surface area contributed by atoms with Gasteiger partial charge in [0.05, 0.1) is 0 Å². The molecule has 0 atom stereocenters. The van der Waals surface area contributed by atoms with Crippen LogP contribution >= 0.6 is 11.6 Å². The van der Waals surface area contributed by atoms with Gasteiger partial charge in [0.2, 0.25) is 0 Å². The van der Waals surface area contributed by atoms with E-state index < -0.39 is 0 Å². The fourth-order valence-electron chi connectivity index (χ4n) is 2.50. The molecule has 0 saturated heterocycles. The van der Waals surface area contributed by atoms with E-state index in [1.807, 2.05) is 38.4 Å². The molecule has 2 amide bonds. The first kappa shape index (κ1) is 20.9. The third-order valence-electron chi connectivity index (χ3n) is 3.91. The average Bonchev–Trinajstić information content (AvgIpc) is 2.65. The van der Waals surface area contributed by atoms with Gasteiger partial charge in [-0.15, -0.1) is 0 Å². The molecule has 144 valence electrons. The molecule has 0 spiro atoms. The van der Waals surface area contributed by atoms with Gasteiger partial charge in [0.15, 0.2) is 0 Å². The van der Waals surface area contributed by atoms with Gasteiger partial charge in [-0.25, -0.2) is 0 Å². The third kappa shape index (κ3) is 7.37. The molecular weight excluding hydrogens is 364 g/mol. The van der Waals surface area contributed by atoms with Gasteiger partial charge in [-0.1, -0.05) is 23.7 Å². The smallest absolute Gasteiger partial charge is 0.269 e. The van der Waals surface area contributed by atoms with Crippen molar-refractivity contribution in [2.45, 2.75) is 12.8 Å². The van der Waals surface area contributed by atoms with E-state index in [4.69, 9.17) is 11.6 Å². The first-order chi connectivity index (χ1) is 13.0. The van der Waals surface area contributed by atoms with Crippen LogP contribution in [0.3, 0.4) is 0 Å². The predicted molar refractivity (Wildman–Crippen MR) is 107 cm³/mol. The Morgan fingerprint density at radius 2 is 1.85 bits per heavy atom. The standard InChI is InChI=1S/C20H25ClN4O2/c1-25(2)12-4-9-23-19(26)16-8-11-22-18(14-16)20(27)24-10-7-15-5-3-6-17(21)13-15/h3,5-6,8,11,13-14H,4,7,9-10,12H2,1-2H3,(H,23,26)(H,24,27). The Balaban J connectivity index is 1.84. The van der Waals surface area contributed by atoms with Gasteiger partial charge in [0.25, 0.3) is 11.8 Å². The SMILES string of the molecule is CN(C)CCCNC(=O)c1ccnc(C(=O)NCCc2cccc(Cl)c2)c1. The van der Waals surface area contributed by atoms with Crippen LogP contribution in [0.1, 0.15) is 32.8 Å². The van der Waals surface area contributed by atoms with Gasteiger partial charge < -0.3 is 15.5 Å². The van der Waals surface area contributed by atoms with Crippen LogP contribution in [0.4, 0.5) is 0 Å². The van der Waals surface area contributed by atoms with Crippen molar-refractivity contribution in [3.63, 3.8) is 0 Å². The quantitative estimate of drug-likeness (QED) is 0.647. The molecule has 27 heavy (non-hydrogen) atoms. The molecule has 0 saturated carbocycles. The molecule has 2 rings (SSSR count). The van der Waals surface area contributed by atoms with Crippen molar-refractivity contribution in [1.29, 1.82) is 0 Å². The molecule has 2 N–H and O–H groups in total. The minimum atomic E-state index is -0.306. The fourth-order valence-corrected chi connectivity index (χ4v) is 2.71. The zero-order valence-corrected chi connectivity index (χ0v) is 16.4. The Labute approximate surface area is 164 Å². The van der Waals surface area contributed by atoms with Crippen molar-refractivity contribution in [3.8, 4) is 0 Å². The molecule has 7 heteroatoms. The number of carbonyl (C=O) groups excluding carboxylic acids is 2. The largest absolute Gasteiger partial charge is 0.352 e. The van der Waals surface area contributed by atoms with Gasteiger partial charge in [-0.05, 0) is 63.3 Å². The number of benzene rings is 1. The van der Waals surface area contributed by atoms with Crippen molar-refractivity contribution in [2.75, 3.05) is 33.7 Å². The Hall–Kier alpha value is -2.44. The molecule has 1 heterocycles. The summed E-state index contributed by atoms with van der Waals surface area (Å²) < 4.78 is 0. The lowest BCUT2D eigenvalue weighted by Gasteiger charge is -2.10. The normalized spacial score (nSPS) is 10.7. The van der Waals surface area contributed by atoms with Crippen LogP contribution in [0.25, 0.3) is 0 Å². The third-order valence-corrected chi connectivity index (χ3v) is 4.15. The van der Waals surface area contributed by atoms with Crippen LogP contribution < -0.4 is 10.6 Å². The van der Waals surface area contributed by atoms with Crippen LogP contribution in [0.5, 0.6) is 0 Å². The number of pyridine rings is 1. The van der Waals surface area contributed by atoms with Gasteiger partial charge >= 0.3 is 0 Å². The summed E-state index contributed by atoms with van der Waals surface area (Å²) in [6, 6.07) is 10.6. The van der Waals surface area contributed by atoms with Crippen molar-refractivity contribution < 1.29 is 9.59 Å². The molecule has 1 aromatic heterocycles. The average molecular weight is 389 g/mol. The molecule has 0 aliphatic heterocycles. The molecule has 0 radical (unpaired) electrons. The van der Waals surface area contributed by atoms with Crippen molar-refractivity contribution >= 4 is 23.4 Å². The molecule has 0 aliphatic carbocycles. The second kappa shape index (κ2) is 10.6. The Morgan fingerprint density at radius 1 is 1.07 bits per heavy atom. The summed E-state index contributed by atoms with van der Waals surface area (Å²) in [7, 11) is 3.98. The highest BCUT2D eigenvalue weighted by molar-refractivity contribution is 6.30. The van der Waals surface area contributed by atoms with Crippen LogP contribution in [-0.2, 0) is 6.42 Å². The minimum absolute atomic E-state index is 0.205. The van der Waals surface area contributed by atoms with E-state index in [2.05, 4.69) is 20.5 Å². The topological polar surface area (TPSA) is 74.3 Å². The number of aromatic nitrogens is 1. The van der Waals surface area contributed by atoms with Gasteiger partial charge in [-0.2, -0.15) is 0 Å². The number of carbonyl (C=O) groups is 2. The highest BCUT2D eigenvalue weighted by atomic mass is 35.5. The zero-order valence-electron chi connectivity index (χ0n) is 15.7. The lowest BCUT2D eigenvalue weighted by atomic mass is 10.1. The Kier molecular flexibility index (Phi) is 8.23. The van der Waals surface area contributed by atoms with Gasteiger partial charge in [0.1, 0.15) is 5.69 Å². The molecule has 0 fully saturated rings. The second-order valence-corrected chi connectivity index (χ2v) is 6.91. The number of nitrogens with one attached hydrogen (secondary N) is 2. The number of amides is 2. The number of halogens is 1. The lowest BCUT2D eigenvalue weighted by Crippen LogP contribution is -2.29. The van der Waals surface area contributed by atoms with Crippen LogP contribution in [0.2, 0.25) is 5.02 Å². The summed E-state index contributed by atoms with van der Waals surface area (Å²) in [5.74, 6) is -0.511. The van der Waals surface area contributed by atoms with E-state index in [0.29, 0.717) is 30.1 Å². The lowest BCUT2D eigenvalue weighted by molar-refractivity contribution is 0.0949. The first-order valence-electron chi connectivity index (χ1n) is 8.87. The Bertz CT molecular complexity index is 780. The van der Waals surface area contributed by atoms with Crippen LogP contribution in [0, 0.1) is 0 Å². The zero-order chi connectivity index (χ0) is 19.6. The molecule has 0 bridgehead atoms. The minimum Gasteiger partial charge on any atom is -0.352 e.